The Balaban J connectivity index is 0.00000161. The molecule has 3 rings (SSSR count). The number of nitrogens with two attached hydrogens (primary N) is 1. The van der Waals surface area contributed by atoms with E-state index < -0.39 is 5.60 Å². The van der Waals surface area contributed by atoms with Crippen LogP contribution in [0.25, 0.3) is 0 Å². The zero-order valence-electron chi connectivity index (χ0n) is 12.0. The van der Waals surface area contributed by atoms with Gasteiger partial charge >= 0.3 is 0 Å². The maximum absolute atomic E-state index is 11.2. The van der Waals surface area contributed by atoms with E-state index in [0.717, 1.165) is 44.9 Å². The molecule has 0 radical (unpaired) electrons. The predicted molar refractivity (Wildman–Crippen MR) is 90.8 cm³/mol. The first kappa shape index (κ1) is 17.4. The van der Waals surface area contributed by atoms with Gasteiger partial charge in [-0.1, -0.05) is 36.0 Å². The highest BCUT2D eigenvalue weighted by atomic mass is 35.5. The molecule has 0 amide bonds. The summed E-state index contributed by atoms with van der Waals surface area (Å²) in [5.74, 6) is 0. The molecule has 21 heavy (non-hydrogen) atoms. The molecule has 0 spiro atoms. The topological polar surface area (TPSA) is 46.2 Å². The second-order valence-corrected chi connectivity index (χ2v) is 7.10. The minimum atomic E-state index is -0.630. The van der Waals surface area contributed by atoms with E-state index in [-0.39, 0.29) is 17.8 Å². The lowest BCUT2D eigenvalue weighted by Gasteiger charge is -2.54. The quantitative estimate of drug-likeness (QED) is 0.837. The Kier molecular flexibility index (Phi) is 5.17. The Morgan fingerprint density at radius 2 is 1.76 bits per heavy atom. The maximum atomic E-state index is 11.2. The molecule has 2 nitrogen and oxygen atoms in total. The minimum Gasteiger partial charge on any atom is -0.389 e. The summed E-state index contributed by atoms with van der Waals surface area (Å²) in [5, 5.41) is 12.4. The van der Waals surface area contributed by atoms with Gasteiger partial charge in [-0.2, -0.15) is 0 Å². The van der Waals surface area contributed by atoms with Crippen LogP contribution in [0.1, 0.15) is 49.7 Å². The summed E-state index contributed by atoms with van der Waals surface area (Å²) in [6.45, 7) is 0.585. The molecule has 0 heterocycles. The van der Waals surface area contributed by atoms with Gasteiger partial charge in [-0.05, 0) is 61.9 Å². The molecular weight excluding hydrogens is 329 g/mol. The third-order valence-corrected chi connectivity index (χ3v) is 6.10. The molecule has 2 atom stereocenters. The Hall–Kier alpha value is 0.01000. The van der Waals surface area contributed by atoms with E-state index in [9.17, 15) is 5.11 Å². The van der Waals surface area contributed by atoms with Crippen molar-refractivity contribution in [2.75, 3.05) is 6.54 Å². The highest BCUT2D eigenvalue weighted by Crippen LogP contribution is 2.55. The van der Waals surface area contributed by atoms with Crippen molar-refractivity contribution in [1.82, 2.24) is 0 Å². The van der Waals surface area contributed by atoms with E-state index in [1.807, 2.05) is 12.1 Å². The molecule has 3 N–H and O–H groups in total. The van der Waals surface area contributed by atoms with Crippen LogP contribution in [0.5, 0.6) is 0 Å². The normalized spacial score (nSPS) is 31.0. The summed E-state index contributed by atoms with van der Waals surface area (Å²) in [6, 6.07) is 3.95. The summed E-state index contributed by atoms with van der Waals surface area (Å²) in [6.07, 6.45) is 6.58. The van der Waals surface area contributed by atoms with Crippen molar-refractivity contribution in [3.63, 3.8) is 0 Å². The van der Waals surface area contributed by atoms with Gasteiger partial charge in [0.2, 0.25) is 0 Å². The van der Waals surface area contributed by atoms with E-state index in [4.69, 9.17) is 28.9 Å². The molecule has 1 aromatic rings. The Labute approximate surface area is 142 Å². The van der Waals surface area contributed by atoms with Gasteiger partial charge < -0.3 is 10.8 Å². The van der Waals surface area contributed by atoms with Crippen LogP contribution in [0.4, 0.5) is 0 Å². The fourth-order valence-corrected chi connectivity index (χ4v) is 4.74. The maximum Gasteiger partial charge on any atom is 0.0747 e. The van der Waals surface area contributed by atoms with Gasteiger partial charge in [0.1, 0.15) is 0 Å². The van der Waals surface area contributed by atoms with Gasteiger partial charge in [-0.25, -0.2) is 0 Å². The van der Waals surface area contributed by atoms with E-state index in [0.29, 0.717) is 16.6 Å². The molecule has 1 aromatic carbocycles. The van der Waals surface area contributed by atoms with Crippen LogP contribution in [-0.4, -0.2) is 17.3 Å². The van der Waals surface area contributed by atoms with Crippen LogP contribution in [0.15, 0.2) is 12.1 Å². The number of benzene rings is 1. The molecule has 1 fully saturated rings. The largest absolute Gasteiger partial charge is 0.389 e. The van der Waals surface area contributed by atoms with Gasteiger partial charge in [-0.3, -0.25) is 0 Å². The third-order valence-electron chi connectivity index (χ3n) is 5.38. The number of halogens is 3. The Bertz CT molecular complexity index is 532. The molecule has 0 aliphatic heterocycles. The van der Waals surface area contributed by atoms with E-state index in [1.165, 1.54) is 11.1 Å². The summed E-state index contributed by atoms with van der Waals surface area (Å²) in [5.41, 5.74) is 7.43. The Morgan fingerprint density at radius 3 is 2.48 bits per heavy atom. The van der Waals surface area contributed by atoms with E-state index in [2.05, 4.69) is 0 Å². The number of fused-ring (bicyclic) bond motifs is 3. The highest BCUT2D eigenvalue weighted by Gasteiger charge is 2.54. The minimum absolute atomic E-state index is 0. The Morgan fingerprint density at radius 1 is 1.10 bits per heavy atom. The van der Waals surface area contributed by atoms with Crippen LogP contribution in [-0.2, 0) is 11.8 Å². The van der Waals surface area contributed by atoms with Crippen LogP contribution < -0.4 is 5.73 Å². The fraction of sp³-hybridized carbons (Fsp3) is 0.625. The third kappa shape index (κ3) is 2.60. The van der Waals surface area contributed by atoms with Crippen molar-refractivity contribution in [2.24, 2.45) is 5.73 Å². The monoisotopic (exact) mass is 349 g/mol. The number of aryl methyl sites for hydroxylation is 1. The molecule has 2 aliphatic rings. The average Bonchev–Trinajstić information content (AvgIpc) is 2.42. The number of aliphatic hydroxyl groups is 1. The number of hydrogen-bond donors (Lipinski definition) is 2. The van der Waals surface area contributed by atoms with Crippen LogP contribution in [0.3, 0.4) is 0 Å². The lowest BCUT2D eigenvalue weighted by atomic mass is 9.53. The molecule has 5 heteroatoms. The van der Waals surface area contributed by atoms with Crippen LogP contribution in [0, 0.1) is 0 Å². The molecular formula is C16H22Cl3NO. The second kappa shape index (κ2) is 6.25. The van der Waals surface area contributed by atoms with E-state index in [1.54, 1.807) is 0 Å². The first-order valence-corrected chi connectivity index (χ1v) is 8.19. The zero-order valence-corrected chi connectivity index (χ0v) is 14.3. The zero-order chi connectivity index (χ0) is 14.4. The van der Waals surface area contributed by atoms with Crippen molar-refractivity contribution >= 4 is 35.6 Å². The van der Waals surface area contributed by atoms with Crippen molar-refractivity contribution < 1.29 is 5.11 Å². The summed E-state index contributed by atoms with van der Waals surface area (Å²) in [7, 11) is 0. The smallest absolute Gasteiger partial charge is 0.0747 e. The lowest BCUT2D eigenvalue weighted by Crippen LogP contribution is -2.57. The molecule has 0 unspecified atom stereocenters. The van der Waals surface area contributed by atoms with Gasteiger partial charge in [-0.15, -0.1) is 12.4 Å². The van der Waals surface area contributed by atoms with E-state index >= 15 is 0 Å². The van der Waals surface area contributed by atoms with Crippen LogP contribution >= 0.6 is 35.6 Å². The van der Waals surface area contributed by atoms with Gasteiger partial charge in [0.25, 0.3) is 0 Å². The van der Waals surface area contributed by atoms with Crippen LogP contribution in [0.2, 0.25) is 10.0 Å². The van der Waals surface area contributed by atoms with Crippen molar-refractivity contribution in [1.29, 1.82) is 0 Å². The van der Waals surface area contributed by atoms with Gasteiger partial charge in [0.15, 0.2) is 0 Å². The SMILES string of the molecule is Cl.NCC[C@@]12CCCC[C@]1(O)CCc1cc(Cl)c(Cl)cc12. The molecule has 1 saturated carbocycles. The molecule has 2 aliphatic carbocycles. The van der Waals surface area contributed by atoms with Gasteiger partial charge in [0.05, 0.1) is 15.6 Å². The molecule has 118 valence electrons. The summed E-state index contributed by atoms with van der Waals surface area (Å²) >= 11 is 12.4. The molecule has 0 aromatic heterocycles. The lowest BCUT2D eigenvalue weighted by molar-refractivity contribution is -0.0862. The predicted octanol–water partition coefficient (Wildman–Crippen LogP) is 4.25. The highest BCUT2D eigenvalue weighted by molar-refractivity contribution is 6.42. The standard InChI is InChI=1S/C16H21Cl2NO.ClH/c17-13-9-11-3-6-16(20)5-2-1-4-15(16,7-8-19)12(11)10-14(13)18;/h9-10,20H,1-8,19H2;1H/t15-,16+;/m1./s1. The molecule has 0 saturated heterocycles. The average molecular weight is 351 g/mol. The summed E-state index contributed by atoms with van der Waals surface area (Å²) in [4.78, 5) is 0. The second-order valence-electron chi connectivity index (χ2n) is 6.28. The first-order valence-electron chi connectivity index (χ1n) is 7.43. The van der Waals surface area contributed by atoms with Crippen molar-refractivity contribution in [3.05, 3.63) is 33.3 Å². The van der Waals surface area contributed by atoms with Crippen molar-refractivity contribution in [2.45, 2.75) is 56.0 Å². The number of rotatable bonds is 2. The number of hydrogen-bond acceptors (Lipinski definition) is 2. The van der Waals surface area contributed by atoms with Crippen molar-refractivity contribution in [3.8, 4) is 0 Å². The first-order chi connectivity index (χ1) is 9.52. The van der Waals surface area contributed by atoms with Gasteiger partial charge in [0, 0.05) is 5.41 Å². The fourth-order valence-electron chi connectivity index (χ4n) is 4.39. The molecule has 0 bridgehead atoms. The summed E-state index contributed by atoms with van der Waals surface area (Å²) < 4.78 is 0.